The molecule has 9 nitrogen and oxygen atoms in total. The third-order valence-corrected chi connectivity index (χ3v) is 8.40. The summed E-state index contributed by atoms with van der Waals surface area (Å²) in [4.78, 5) is 20.6. The second-order valence-corrected chi connectivity index (χ2v) is 11.3. The number of rotatable bonds is 8. The van der Waals surface area contributed by atoms with Crippen LogP contribution in [-0.4, -0.2) is 44.6 Å². The number of carbonyl (C=O) groups excluding carboxylic acids is 1. The van der Waals surface area contributed by atoms with Gasteiger partial charge in [0.25, 0.3) is 10.0 Å². The van der Waals surface area contributed by atoms with E-state index in [1.807, 2.05) is 0 Å². The molecule has 1 saturated heterocycles. The minimum absolute atomic E-state index is 0.0354. The van der Waals surface area contributed by atoms with Crippen LogP contribution in [-0.2, 0) is 25.7 Å². The van der Waals surface area contributed by atoms with Crippen molar-refractivity contribution in [3.63, 3.8) is 0 Å². The zero-order chi connectivity index (χ0) is 27.5. The molecule has 1 amide bonds. The third-order valence-electron chi connectivity index (χ3n) is 5.88. The third kappa shape index (κ3) is 6.60. The smallest absolute Gasteiger partial charge is 0.433 e. The average Bonchev–Trinajstić information content (AvgIpc) is 3.23. The Kier molecular flexibility index (Phi) is 8.23. The number of sulfonamides is 1. The first-order valence-electron chi connectivity index (χ1n) is 11.6. The van der Waals surface area contributed by atoms with Crippen LogP contribution in [0, 0.1) is 12.8 Å². The summed E-state index contributed by atoms with van der Waals surface area (Å²) in [5, 5.41) is 3.21. The summed E-state index contributed by atoms with van der Waals surface area (Å²) in [6.45, 7) is 3.03. The number of pyridine rings is 1. The molecular formula is C24H25F3N4O5S2. The first-order valence-corrected chi connectivity index (χ1v) is 13.9. The van der Waals surface area contributed by atoms with Crippen LogP contribution >= 0.6 is 11.3 Å². The Morgan fingerprint density at radius 2 is 1.95 bits per heavy atom. The molecule has 38 heavy (non-hydrogen) atoms. The summed E-state index contributed by atoms with van der Waals surface area (Å²) in [6, 6.07) is 6.17. The van der Waals surface area contributed by atoms with Crippen molar-refractivity contribution in [2.45, 2.75) is 37.3 Å². The molecule has 1 fully saturated rings. The fourth-order valence-corrected chi connectivity index (χ4v) is 6.18. The van der Waals surface area contributed by atoms with Crippen LogP contribution in [0.3, 0.4) is 0 Å². The fourth-order valence-electron chi connectivity index (χ4n) is 3.96. The summed E-state index contributed by atoms with van der Waals surface area (Å²) < 4.78 is 77.4. The van der Waals surface area contributed by atoms with Crippen molar-refractivity contribution in [2.24, 2.45) is 5.92 Å². The molecule has 0 aliphatic carbocycles. The second kappa shape index (κ2) is 11.3. The molecule has 2 N–H and O–H groups in total. The number of benzene rings is 1. The fraction of sp³-hybridized carbons (Fsp3) is 0.375. The summed E-state index contributed by atoms with van der Waals surface area (Å²) in [5.74, 6) is 0.142. The summed E-state index contributed by atoms with van der Waals surface area (Å²) in [5.41, 5.74) is -0.188. The number of ether oxygens (including phenoxy) is 2. The zero-order valence-corrected chi connectivity index (χ0v) is 22.1. The molecule has 0 unspecified atom stereocenters. The molecule has 0 atom stereocenters. The lowest BCUT2D eigenvalue weighted by atomic mass is 9.96. The van der Waals surface area contributed by atoms with Crippen LogP contribution in [0.2, 0.25) is 0 Å². The second-order valence-electron chi connectivity index (χ2n) is 8.64. The maximum absolute atomic E-state index is 13.2. The summed E-state index contributed by atoms with van der Waals surface area (Å²) in [6.07, 6.45) is -1.83. The summed E-state index contributed by atoms with van der Waals surface area (Å²) in [7, 11) is -2.97. The van der Waals surface area contributed by atoms with E-state index in [4.69, 9.17) is 9.47 Å². The highest BCUT2D eigenvalue weighted by Crippen LogP contribution is 2.37. The van der Waals surface area contributed by atoms with Crippen molar-refractivity contribution in [2.75, 3.05) is 30.4 Å². The lowest BCUT2D eigenvalue weighted by Gasteiger charge is -2.20. The largest absolute Gasteiger partial charge is 0.495 e. The molecule has 1 aromatic carbocycles. The number of amides is 1. The van der Waals surface area contributed by atoms with Crippen LogP contribution < -0.4 is 14.8 Å². The maximum atomic E-state index is 13.2. The van der Waals surface area contributed by atoms with E-state index in [0.717, 1.165) is 25.1 Å². The van der Waals surface area contributed by atoms with Gasteiger partial charge >= 0.3 is 6.18 Å². The van der Waals surface area contributed by atoms with Gasteiger partial charge in [0.1, 0.15) is 16.3 Å². The van der Waals surface area contributed by atoms with Gasteiger partial charge < -0.3 is 14.8 Å². The van der Waals surface area contributed by atoms with Crippen molar-refractivity contribution in [3.05, 3.63) is 47.9 Å². The Hall–Kier alpha value is -3.23. The van der Waals surface area contributed by atoms with Gasteiger partial charge in [0, 0.05) is 19.6 Å². The molecule has 0 radical (unpaired) electrons. The van der Waals surface area contributed by atoms with Crippen molar-refractivity contribution < 1.29 is 35.9 Å². The highest BCUT2D eigenvalue weighted by molar-refractivity contribution is 7.92. The molecule has 2 aromatic heterocycles. The van der Waals surface area contributed by atoms with E-state index in [1.54, 1.807) is 13.0 Å². The van der Waals surface area contributed by atoms with Crippen molar-refractivity contribution in [1.29, 1.82) is 0 Å². The van der Waals surface area contributed by atoms with Crippen LogP contribution in [0.15, 0.2) is 41.4 Å². The first kappa shape index (κ1) is 27.8. The van der Waals surface area contributed by atoms with E-state index in [0.29, 0.717) is 47.0 Å². The van der Waals surface area contributed by atoms with Gasteiger partial charge in [-0.3, -0.25) is 9.52 Å². The number of hydrogen-bond donors (Lipinski definition) is 2. The predicted molar refractivity (Wildman–Crippen MR) is 136 cm³/mol. The van der Waals surface area contributed by atoms with Crippen molar-refractivity contribution >= 4 is 38.1 Å². The number of nitrogens with one attached hydrogen (secondary N) is 2. The lowest BCUT2D eigenvalue weighted by molar-refractivity contribution is -0.141. The van der Waals surface area contributed by atoms with E-state index < -0.39 is 21.9 Å². The highest BCUT2D eigenvalue weighted by Gasteiger charge is 2.32. The number of methoxy groups -OCH3 is 1. The van der Waals surface area contributed by atoms with Gasteiger partial charge in [-0.2, -0.15) is 13.2 Å². The molecule has 4 rings (SSSR count). The SMILES string of the molecule is COc1ccc(-c2sc(NC(=O)CC3CCOCC3)nc2C)cc1S(=O)(=O)Nc1ccc(C(F)(F)F)nc1. The van der Waals surface area contributed by atoms with Gasteiger partial charge in [0.15, 0.2) is 5.13 Å². The number of nitrogens with zero attached hydrogens (tertiary/aromatic N) is 2. The molecule has 204 valence electrons. The van der Waals surface area contributed by atoms with E-state index in [9.17, 15) is 26.4 Å². The minimum Gasteiger partial charge on any atom is -0.495 e. The van der Waals surface area contributed by atoms with Crippen molar-refractivity contribution in [1.82, 2.24) is 9.97 Å². The van der Waals surface area contributed by atoms with Crippen LogP contribution in [0.4, 0.5) is 24.0 Å². The van der Waals surface area contributed by atoms with Gasteiger partial charge in [-0.25, -0.2) is 18.4 Å². The highest BCUT2D eigenvalue weighted by atomic mass is 32.2. The standard InChI is InChI=1S/C24H25F3N4O5S2/c1-14-22(37-23(29-14)30-21(32)11-15-7-9-36-10-8-15)16-3-5-18(35-2)19(12-16)38(33,34)31-17-4-6-20(28-13-17)24(25,26)27/h3-6,12-13,15,31H,7-11H2,1-2H3,(H,29,30,32). The van der Waals surface area contributed by atoms with Crippen molar-refractivity contribution in [3.8, 4) is 16.2 Å². The van der Waals surface area contributed by atoms with Gasteiger partial charge in [0.2, 0.25) is 5.91 Å². The molecule has 0 spiro atoms. The molecular weight excluding hydrogens is 545 g/mol. The Morgan fingerprint density at radius 1 is 1.21 bits per heavy atom. The van der Waals surface area contributed by atoms with Crippen LogP contribution in [0.25, 0.3) is 10.4 Å². The van der Waals surface area contributed by atoms with Gasteiger partial charge in [-0.1, -0.05) is 11.3 Å². The lowest BCUT2D eigenvalue weighted by Crippen LogP contribution is -2.22. The van der Waals surface area contributed by atoms with Gasteiger partial charge in [-0.05, 0) is 61.6 Å². The van der Waals surface area contributed by atoms with E-state index in [2.05, 4.69) is 20.0 Å². The Balaban J connectivity index is 1.55. The molecule has 1 aliphatic rings. The van der Waals surface area contributed by atoms with Crippen LogP contribution in [0.1, 0.15) is 30.7 Å². The molecule has 3 heterocycles. The number of alkyl halides is 3. The molecule has 3 aromatic rings. The number of aryl methyl sites for hydroxylation is 1. The van der Waals surface area contributed by atoms with E-state index in [-0.39, 0.29) is 28.2 Å². The number of hydrogen-bond acceptors (Lipinski definition) is 8. The summed E-state index contributed by atoms with van der Waals surface area (Å²) >= 11 is 1.20. The number of aromatic nitrogens is 2. The molecule has 0 bridgehead atoms. The van der Waals surface area contributed by atoms with Gasteiger partial charge in [0.05, 0.1) is 29.6 Å². The average molecular weight is 571 g/mol. The number of thiazole rings is 1. The molecule has 0 saturated carbocycles. The van der Waals surface area contributed by atoms with Crippen LogP contribution in [0.5, 0.6) is 5.75 Å². The Morgan fingerprint density at radius 3 is 2.58 bits per heavy atom. The number of halogens is 3. The maximum Gasteiger partial charge on any atom is 0.433 e. The molecule has 1 aliphatic heterocycles. The number of carbonyl (C=O) groups is 1. The molecule has 14 heteroatoms. The normalized spacial score (nSPS) is 14.8. The van der Waals surface area contributed by atoms with Gasteiger partial charge in [-0.15, -0.1) is 0 Å². The zero-order valence-electron chi connectivity index (χ0n) is 20.5. The quantitative estimate of drug-likeness (QED) is 0.387. The number of anilines is 2. The Bertz CT molecular complexity index is 1400. The minimum atomic E-state index is -4.65. The van der Waals surface area contributed by atoms with E-state index in [1.165, 1.54) is 30.6 Å². The predicted octanol–water partition coefficient (Wildman–Crippen LogP) is 5.10. The Labute approximate surface area is 221 Å². The first-order chi connectivity index (χ1) is 18.0. The monoisotopic (exact) mass is 570 g/mol. The van der Waals surface area contributed by atoms with E-state index >= 15 is 0 Å². The topological polar surface area (TPSA) is 120 Å².